The molecule has 1 aliphatic heterocycles. The number of benzene rings is 1. The lowest BCUT2D eigenvalue weighted by Crippen LogP contribution is -2.55. The molecule has 0 spiro atoms. The highest BCUT2D eigenvalue weighted by atomic mass is 19.4. The van der Waals surface area contributed by atoms with Gasteiger partial charge in [-0.15, -0.1) is 0 Å². The predicted octanol–water partition coefficient (Wildman–Crippen LogP) is 3.42. The molecule has 228 valence electrons. The highest BCUT2D eigenvalue weighted by molar-refractivity contribution is 5.97. The molecule has 1 amide bonds. The number of aliphatic hydroxyl groups excluding tert-OH is 1. The monoisotopic (exact) mass is 611 g/mol. The molecule has 2 unspecified atom stereocenters. The molecule has 42 heavy (non-hydrogen) atoms. The second kappa shape index (κ2) is 11.4. The number of amides is 1. The third kappa shape index (κ3) is 5.62. The Bertz CT molecular complexity index is 1550. The molecule has 0 aliphatic carbocycles. The van der Waals surface area contributed by atoms with Gasteiger partial charge in [0, 0.05) is 44.0 Å². The number of halogens is 9. The van der Waals surface area contributed by atoms with E-state index in [1.807, 2.05) is 0 Å². The van der Waals surface area contributed by atoms with Crippen molar-refractivity contribution in [3.63, 3.8) is 0 Å². The number of rotatable bonds is 7. The maximum Gasteiger partial charge on any atom is 0.455 e. The van der Waals surface area contributed by atoms with Gasteiger partial charge in [0.2, 0.25) is 5.43 Å². The zero-order chi connectivity index (χ0) is 31.1. The number of aromatic nitrogens is 2. The Morgan fingerprint density at radius 3 is 2.33 bits per heavy atom. The lowest BCUT2D eigenvalue weighted by molar-refractivity contribution is -0.292. The van der Waals surface area contributed by atoms with Crippen molar-refractivity contribution in [2.75, 3.05) is 31.1 Å². The SMILES string of the molecule is CCC(NC(=O)c1cn(-c2c(F)cc(F)cc2F)c2nc(N3CCNC(CO)C3)c(F)cc2c1=O)C(F)(F)C(F)(F)F. The van der Waals surface area contributed by atoms with Gasteiger partial charge in [-0.1, -0.05) is 6.92 Å². The number of piperazine rings is 1. The van der Waals surface area contributed by atoms with Gasteiger partial charge < -0.3 is 20.6 Å². The number of hydrogen-bond acceptors (Lipinski definition) is 6. The number of anilines is 1. The van der Waals surface area contributed by atoms with Crippen molar-refractivity contribution in [1.82, 2.24) is 20.2 Å². The number of nitrogens with one attached hydrogen (secondary N) is 2. The second-order valence-electron chi connectivity index (χ2n) is 9.46. The van der Waals surface area contributed by atoms with E-state index in [-0.39, 0.29) is 38.4 Å². The molecule has 3 aromatic rings. The molecule has 3 heterocycles. The Morgan fingerprint density at radius 2 is 1.76 bits per heavy atom. The van der Waals surface area contributed by atoms with Crippen molar-refractivity contribution in [1.29, 1.82) is 0 Å². The van der Waals surface area contributed by atoms with Crippen LogP contribution in [-0.4, -0.2) is 71.0 Å². The average molecular weight is 611 g/mol. The van der Waals surface area contributed by atoms with Gasteiger partial charge in [-0.3, -0.25) is 14.2 Å². The summed E-state index contributed by atoms with van der Waals surface area (Å²) in [6.07, 6.45) is -6.59. The van der Waals surface area contributed by atoms with Crippen LogP contribution in [0.25, 0.3) is 16.7 Å². The largest absolute Gasteiger partial charge is 0.455 e. The van der Waals surface area contributed by atoms with Crippen LogP contribution in [0.5, 0.6) is 0 Å². The number of nitrogens with zero attached hydrogens (tertiary/aromatic N) is 3. The van der Waals surface area contributed by atoms with Gasteiger partial charge in [-0.05, 0) is 12.5 Å². The van der Waals surface area contributed by atoms with Crippen molar-refractivity contribution in [3.05, 3.63) is 63.5 Å². The number of alkyl halides is 5. The minimum atomic E-state index is -6.08. The van der Waals surface area contributed by atoms with E-state index in [0.29, 0.717) is 16.8 Å². The smallest absolute Gasteiger partial charge is 0.395 e. The first-order valence-corrected chi connectivity index (χ1v) is 12.4. The van der Waals surface area contributed by atoms with Gasteiger partial charge in [0.25, 0.3) is 5.91 Å². The summed E-state index contributed by atoms with van der Waals surface area (Å²) in [4.78, 5) is 31.5. The first-order valence-electron chi connectivity index (χ1n) is 12.4. The Kier molecular flexibility index (Phi) is 8.46. The highest BCUT2D eigenvalue weighted by Crippen LogP contribution is 2.39. The zero-order valence-electron chi connectivity index (χ0n) is 21.5. The quantitative estimate of drug-likeness (QED) is 0.355. The van der Waals surface area contributed by atoms with Crippen LogP contribution < -0.4 is 21.0 Å². The van der Waals surface area contributed by atoms with E-state index in [0.717, 1.165) is 6.92 Å². The molecule has 2 atom stereocenters. The molecule has 0 saturated carbocycles. The van der Waals surface area contributed by atoms with E-state index in [1.165, 1.54) is 10.2 Å². The Hall–Kier alpha value is -3.86. The summed E-state index contributed by atoms with van der Waals surface area (Å²) in [5.41, 5.74) is -4.34. The third-order valence-corrected chi connectivity index (χ3v) is 6.68. The minimum absolute atomic E-state index is 0.0156. The fourth-order valence-corrected chi connectivity index (χ4v) is 4.56. The molecular weight excluding hydrogens is 589 g/mol. The van der Waals surface area contributed by atoms with Crippen molar-refractivity contribution in [2.24, 2.45) is 0 Å². The lowest BCUT2D eigenvalue weighted by Gasteiger charge is -2.34. The molecule has 1 aliphatic rings. The van der Waals surface area contributed by atoms with Crippen LogP contribution in [0, 0.1) is 23.3 Å². The normalized spacial score (nSPS) is 17.0. The average Bonchev–Trinajstić information content (AvgIpc) is 2.91. The van der Waals surface area contributed by atoms with Gasteiger partial charge in [0.15, 0.2) is 28.9 Å². The van der Waals surface area contributed by atoms with Crippen LogP contribution in [0.4, 0.5) is 45.3 Å². The number of fused-ring (bicyclic) bond motifs is 1. The van der Waals surface area contributed by atoms with Crippen LogP contribution in [0.1, 0.15) is 23.7 Å². The summed E-state index contributed by atoms with van der Waals surface area (Å²) >= 11 is 0. The molecular formula is C25H22F9N5O3. The lowest BCUT2D eigenvalue weighted by atomic mass is 10.1. The second-order valence-corrected chi connectivity index (χ2v) is 9.46. The van der Waals surface area contributed by atoms with E-state index >= 15 is 4.39 Å². The molecule has 1 saturated heterocycles. The van der Waals surface area contributed by atoms with E-state index in [9.17, 15) is 49.8 Å². The molecule has 2 aromatic heterocycles. The summed E-state index contributed by atoms with van der Waals surface area (Å²) < 4.78 is 126. The topological polar surface area (TPSA) is 99.5 Å². The first kappa shape index (κ1) is 31.1. The zero-order valence-corrected chi connectivity index (χ0v) is 21.5. The van der Waals surface area contributed by atoms with E-state index in [4.69, 9.17) is 0 Å². The Morgan fingerprint density at radius 1 is 1.12 bits per heavy atom. The van der Waals surface area contributed by atoms with Crippen LogP contribution in [-0.2, 0) is 0 Å². The van der Waals surface area contributed by atoms with Crippen LogP contribution in [0.15, 0.2) is 29.2 Å². The first-order chi connectivity index (χ1) is 19.6. The van der Waals surface area contributed by atoms with Crippen LogP contribution in [0.3, 0.4) is 0 Å². The summed E-state index contributed by atoms with van der Waals surface area (Å²) in [5, 5.41) is 13.0. The van der Waals surface area contributed by atoms with Crippen molar-refractivity contribution in [2.45, 2.75) is 37.5 Å². The van der Waals surface area contributed by atoms with E-state index in [1.54, 1.807) is 0 Å². The van der Waals surface area contributed by atoms with Crippen molar-refractivity contribution < 1.29 is 49.4 Å². The molecule has 17 heteroatoms. The van der Waals surface area contributed by atoms with Gasteiger partial charge in [0.1, 0.15) is 23.1 Å². The summed E-state index contributed by atoms with van der Waals surface area (Å²) in [6.45, 7) is 0.986. The summed E-state index contributed by atoms with van der Waals surface area (Å²) in [5.74, 6) is -13.3. The third-order valence-electron chi connectivity index (χ3n) is 6.68. The van der Waals surface area contributed by atoms with E-state index < -0.39 is 93.3 Å². The number of hydrogen-bond donors (Lipinski definition) is 3. The van der Waals surface area contributed by atoms with Crippen LogP contribution >= 0.6 is 0 Å². The molecule has 1 fully saturated rings. The van der Waals surface area contributed by atoms with Crippen LogP contribution in [0.2, 0.25) is 0 Å². The summed E-state index contributed by atoms with van der Waals surface area (Å²) in [6, 6.07) is -2.32. The number of aliphatic hydroxyl groups is 1. The molecule has 3 N–H and O–H groups in total. The molecule has 1 aromatic carbocycles. The van der Waals surface area contributed by atoms with Gasteiger partial charge >= 0.3 is 12.1 Å². The highest BCUT2D eigenvalue weighted by Gasteiger charge is 2.62. The number of carbonyl (C=O) groups is 1. The standard InChI is InChI=1S/C25H22F9N5O3/c1-2-18(24(30,31)25(32,33)34)36-23(42)14-9-39(19-15(27)5-11(26)6-16(19)28)21-13(20(14)41)7-17(29)22(37-21)38-4-3-35-12(8-38)10-40/h5-7,9,12,18,35,40H,2-4,8,10H2,1H3,(H,36,42). The fourth-order valence-electron chi connectivity index (χ4n) is 4.56. The van der Waals surface area contributed by atoms with Gasteiger partial charge in [-0.25, -0.2) is 22.5 Å². The predicted molar refractivity (Wildman–Crippen MR) is 131 cm³/mol. The molecule has 8 nitrogen and oxygen atoms in total. The Balaban J connectivity index is 1.95. The maximum atomic E-state index is 15.3. The van der Waals surface area contributed by atoms with E-state index in [2.05, 4.69) is 10.3 Å². The Labute approximate surface area is 230 Å². The number of carbonyl (C=O) groups excluding carboxylic acids is 1. The summed E-state index contributed by atoms with van der Waals surface area (Å²) in [7, 11) is 0. The fraction of sp³-hybridized carbons (Fsp3) is 0.400. The molecule has 0 radical (unpaired) electrons. The van der Waals surface area contributed by atoms with Gasteiger partial charge in [-0.2, -0.15) is 22.0 Å². The minimum Gasteiger partial charge on any atom is -0.395 e. The number of pyridine rings is 2. The van der Waals surface area contributed by atoms with Gasteiger partial charge in [0.05, 0.1) is 12.0 Å². The van der Waals surface area contributed by atoms with Crippen molar-refractivity contribution >= 4 is 22.8 Å². The maximum absolute atomic E-state index is 15.3. The molecule has 0 bridgehead atoms. The van der Waals surface area contributed by atoms with Crippen molar-refractivity contribution in [3.8, 4) is 5.69 Å². The molecule has 4 rings (SSSR count).